The second-order valence-electron chi connectivity index (χ2n) is 6.89. The van der Waals surface area contributed by atoms with Crippen LogP contribution in [-0.2, 0) is 0 Å². The summed E-state index contributed by atoms with van der Waals surface area (Å²) in [6.45, 7) is 10.0. The molecule has 0 saturated heterocycles. The minimum atomic E-state index is 0.377. The largest absolute Gasteiger partial charge is 0.496 e. The van der Waals surface area contributed by atoms with E-state index in [-0.39, 0.29) is 0 Å². The van der Waals surface area contributed by atoms with Crippen molar-refractivity contribution >= 4 is 0 Å². The third-order valence-corrected chi connectivity index (χ3v) is 5.12. The molecule has 1 fully saturated rings. The van der Waals surface area contributed by atoms with Gasteiger partial charge in [0.1, 0.15) is 5.75 Å². The van der Waals surface area contributed by atoms with Gasteiger partial charge in [0.05, 0.1) is 7.11 Å². The summed E-state index contributed by atoms with van der Waals surface area (Å²) in [7, 11) is 1.76. The number of rotatable bonds is 5. The minimum absolute atomic E-state index is 0.377. The average molecular weight is 289 g/mol. The zero-order valence-electron chi connectivity index (χ0n) is 14.4. The van der Waals surface area contributed by atoms with Crippen LogP contribution in [0.3, 0.4) is 0 Å². The number of hydrogen-bond donors (Lipinski definition) is 1. The Bertz CT molecular complexity index is 451. The lowest BCUT2D eigenvalue weighted by atomic mass is 9.68. The Morgan fingerprint density at radius 3 is 2.19 bits per heavy atom. The highest BCUT2D eigenvalue weighted by atomic mass is 16.5. The first-order chi connectivity index (χ1) is 10.0. The summed E-state index contributed by atoms with van der Waals surface area (Å²) in [5.74, 6) is 1.03. The monoisotopic (exact) mass is 289 g/mol. The summed E-state index contributed by atoms with van der Waals surface area (Å²) in [6, 6.07) is 5.09. The van der Waals surface area contributed by atoms with Gasteiger partial charge in [-0.25, -0.2) is 0 Å². The van der Waals surface area contributed by atoms with E-state index in [9.17, 15) is 0 Å². The smallest absolute Gasteiger partial charge is 0.124 e. The van der Waals surface area contributed by atoms with Crippen LogP contribution >= 0.6 is 0 Å². The molecule has 1 aliphatic carbocycles. The number of hydrogen-bond acceptors (Lipinski definition) is 2. The number of methoxy groups -OCH3 is 1. The van der Waals surface area contributed by atoms with Crippen molar-refractivity contribution in [2.24, 2.45) is 5.41 Å². The van der Waals surface area contributed by atoms with Gasteiger partial charge in [0.2, 0.25) is 0 Å². The molecule has 0 aromatic heterocycles. The molecule has 1 aliphatic rings. The van der Waals surface area contributed by atoms with Crippen molar-refractivity contribution in [3.8, 4) is 5.75 Å². The molecule has 2 heteroatoms. The quantitative estimate of drug-likeness (QED) is 0.829. The van der Waals surface area contributed by atoms with Crippen LogP contribution in [0.1, 0.15) is 68.7 Å². The van der Waals surface area contributed by atoms with Crippen molar-refractivity contribution in [3.63, 3.8) is 0 Å². The predicted molar refractivity (Wildman–Crippen MR) is 90.1 cm³/mol. The zero-order valence-corrected chi connectivity index (χ0v) is 14.4. The Morgan fingerprint density at radius 2 is 1.71 bits per heavy atom. The highest BCUT2D eigenvalue weighted by molar-refractivity contribution is 5.44. The summed E-state index contributed by atoms with van der Waals surface area (Å²) in [5, 5.41) is 3.76. The molecule has 0 spiro atoms. The maximum atomic E-state index is 5.52. The van der Waals surface area contributed by atoms with Gasteiger partial charge in [-0.3, -0.25) is 0 Å². The third-order valence-electron chi connectivity index (χ3n) is 5.12. The molecule has 1 aromatic carbocycles. The lowest BCUT2D eigenvalue weighted by Gasteiger charge is -2.42. The average Bonchev–Trinajstić information content (AvgIpc) is 2.45. The topological polar surface area (TPSA) is 21.3 Å². The lowest BCUT2D eigenvalue weighted by molar-refractivity contribution is 0.146. The lowest BCUT2D eigenvalue weighted by Crippen LogP contribution is -2.37. The second kappa shape index (κ2) is 6.83. The first-order valence-corrected chi connectivity index (χ1v) is 8.40. The van der Waals surface area contributed by atoms with Crippen LogP contribution in [0.15, 0.2) is 12.1 Å². The molecule has 0 heterocycles. The van der Waals surface area contributed by atoms with E-state index in [1.807, 2.05) is 0 Å². The summed E-state index contributed by atoms with van der Waals surface area (Å²) >= 11 is 0. The van der Waals surface area contributed by atoms with Gasteiger partial charge in [0.25, 0.3) is 0 Å². The fraction of sp³-hybridized carbons (Fsp3) is 0.684. The Labute approximate surface area is 130 Å². The maximum Gasteiger partial charge on any atom is 0.124 e. The number of aryl methyl sites for hydroxylation is 2. The van der Waals surface area contributed by atoms with Crippen molar-refractivity contribution < 1.29 is 4.74 Å². The van der Waals surface area contributed by atoms with E-state index < -0.39 is 0 Å². The zero-order chi connectivity index (χ0) is 15.5. The van der Waals surface area contributed by atoms with Crippen molar-refractivity contribution in [3.05, 3.63) is 28.8 Å². The molecule has 2 nitrogen and oxygen atoms in total. The van der Waals surface area contributed by atoms with Crippen LogP contribution in [0.5, 0.6) is 5.75 Å². The highest BCUT2D eigenvalue weighted by Crippen LogP contribution is 2.46. The summed E-state index contributed by atoms with van der Waals surface area (Å²) < 4.78 is 5.52. The molecule has 0 amide bonds. The predicted octanol–water partition coefficient (Wildman–Crippen LogP) is 4.93. The van der Waals surface area contributed by atoms with Gasteiger partial charge in [0, 0.05) is 6.04 Å². The van der Waals surface area contributed by atoms with Gasteiger partial charge in [-0.05, 0) is 55.3 Å². The molecule has 0 radical (unpaired) electrons. The number of ether oxygens (including phenoxy) is 1. The second-order valence-corrected chi connectivity index (χ2v) is 6.89. The summed E-state index contributed by atoms with van der Waals surface area (Å²) in [5.41, 5.74) is 4.29. The van der Waals surface area contributed by atoms with Crippen LogP contribution in [0.2, 0.25) is 0 Å². The summed E-state index contributed by atoms with van der Waals surface area (Å²) in [6.07, 6.45) is 6.79. The molecule has 0 aliphatic heterocycles. The van der Waals surface area contributed by atoms with Crippen molar-refractivity contribution in [2.75, 3.05) is 13.7 Å². The van der Waals surface area contributed by atoms with Gasteiger partial charge in [-0.15, -0.1) is 0 Å². The van der Waals surface area contributed by atoms with Gasteiger partial charge in [0.15, 0.2) is 0 Å². The minimum Gasteiger partial charge on any atom is -0.496 e. The van der Waals surface area contributed by atoms with E-state index in [4.69, 9.17) is 4.74 Å². The molecule has 2 rings (SSSR count). The van der Waals surface area contributed by atoms with E-state index in [1.165, 1.54) is 48.8 Å². The number of nitrogens with one attached hydrogen (secondary N) is 1. The third kappa shape index (κ3) is 3.42. The molecule has 21 heavy (non-hydrogen) atoms. The Morgan fingerprint density at radius 1 is 1.14 bits per heavy atom. The fourth-order valence-corrected chi connectivity index (χ4v) is 4.09. The highest BCUT2D eigenvalue weighted by Gasteiger charge is 2.36. The van der Waals surface area contributed by atoms with Gasteiger partial charge >= 0.3 is 0 Å². The van der Waals surface area contributed by atoms with Crippen molar-refractivity contribution in [2.45, 2.75) is 65.8 Å². The standard InChI is InChI=1S/C19H31NO/c1-6-20-18(19(4)10-8-7-9-11-19)16-12-14(2)17(21-5)15(3)13-16/h12-13,18,20H,6-11H2,1-5H3. The van der Waals surface area contributed by atoms with E-state index in [1.54, 1.807) is 7.11 Å². The van der Waals surface area contributed by atoms with Crippen LogP contribution < -0.4 is 10.1 Å². The SMILES string of the molecule is CCNC(c1cc(C)c(OC)c(C)c1)C1(C)CCCCC1. The Hall–Kier alpha value is -1.02. The van der Waals surface area contributed by atoms with E-state index in [0.717, 1.165) is 12.3 Å². The van der Waals surface area contributed by atoms with Crippen LogP contribution in [-0.4, -0.2) is 13.7 Å². The molecule has 1 atom stereocenters. The van der Waals surface area contributed by atoms with Gasteiger partial charge in [-0.2, -0.15) is 0 Å². The molecule has 118 valence electrons. The Balaban J connectivity index is 2.38. The molecule has 1 N–H and O–H groups in total. The molecule has 1 aromatic rings. The first-order valence-electron chi connectivity index (χ1n) is 8.40. The molecule has 1 unspecified atom stereocenters. The van der Waals surface area contributed by atoms with Gasteiger partial charge < -0.3 is 10.1 Å². The molecular formula is C19H31NO. The Kier molecular flexibility index (Phi) is 5.32. The fourth-order valence-electron chi connectivity index (χ4n) is 4.09. The summed E-state index contributed by atoms with van der Waals surface area (Å²) in [4.78, 5) is 0. The van der Waals surface area contributed by atoms with E-state index in [2.05, 4.69) is 45.1 Å². The van der Waals surface area contributed by atoms with Crippen LogP contribution in [0.4, 0.5) is 0 Å². The molecular weight excluding hydrogens is 258 g/mol. The van der Waals surface area contributed by atoms with Crippen molar-refractivity contribution in [1.29, 1.82) is 0 Å². The molecule has 1 saturated carbocycles. The first kappa shape index (κ1) is 16.4. The van der Waals surface area contributed by atoms with E-state index in [0.29, 0.717) is 11.5 Å². The van der Waals surface area contributed by atoms with Crippen LogP contribution in [0.25, 0.3) is 0 Å². The maximum absolute atomic E-state index is 5.52. The normalized spacial score (nSPS) is 19.3. The van der Waals surface area contributed by atoms with Gasteiger partial charge in [-0.1, -0.05) is 45.2 Å². The van der Waals surface area contributed by atoms with E-state index >= 15 is 0 Å². The number of benzene rings is 1. The van der Waals surface area contributed by atoms with Crippen LogP contribution in [0, 0.1) is 19.3 Å². The van der Waals surface area contributed by atoms with Crippen molar-refractivity contribution in [1.82, 2.24) is 5.32 Å². The molecule has 0 bridgehead atoms.